The van der Waals surface area contributed by atoms with Crippen LogP contribution in [0.4, 0.5) is 0 Å². The standard InChI is InChI=1S/C40H45N5O4S/c1-26-25-50-38(43-26)34-14-9-16-45(34)39(48)31-21-29(20-30(22-31)37-42-15-17-49-37)36(47)44-33(19-27-10-6-5-7-11-27)35(46)24-41-23-28-12-8-13-32(18-28)40(2,3)4/h5-8,10-13,15,17-18,20-22,25,33-35,41,46H,9,14,16,19,23-24H2,1-4H3,(H,44,47)/t33-,34?,35+/m0/s1. The van der Waals surface area contributed by atoms with Crippen LogP contribution in [-0.4, -0.2) is 57.0 Å². The lowest BCUT2D eigenvalue weighted by Gasteiger charge is -2.26. The van der Waals surface area contributed by atoms with Gasteiger partial charge in [-0.25, -0.2) is 9.97 Å². The van der Waals surface area contributed by atoms with Crippen LogP contribution in [0.25, 0.3) is 11.5 Å². The average molecular weight is 692 g/mol. The topological polar surface area (TPSA) is 121 Å². The van der Waals surface area contributed by atoms with Gasteiger partial charge in [-0.2, -0.15) is 0 Å². The molecule has 10 heteroatoms. The van der Waals surface area contributed by atoms with Crippen molar-refractivity contribution in [1.82, 2.24) is 25.5 Å². The smallest absolute Gasteiger partial charge is 0.254 e. The Kier molecular flexibility index (Phi) is 10.9. The molecule has 3 atom stereocenters. The van der Waals surface area contributed by atoms with E-state index in [1.165, 1.54) is 18.0 Å². The molecule has 2 aromatic heterocycles. The molecule has 1 aliphatic heterocycles. The number of hydrogen-bond acceptors (Lipinski definition) is 8. The van der Waals surface area contributed by atoms with Crippen molar-refractivity contribution < 1.29 is 19.1 Å². The van der Waals surface area contributed by atoms with E-state index in [1.54, 1.807) is 29.5 Å². The molecule has 5 aromatic rings. The van der Waals surface area contributed by atoms with Gasteiger partial charge in [-0.1, -0.05) is 75.4 Å². The van der Waals surface area contributed by atoms with Gasteiger partial charge in [0, 0.05) is 47.4 Å². The van der Waals surface area contributed by atoms with Crippen LogP contribution in [-0.2, 0) is 18.4 Å². The van der Waals surface area contributed by atoms with E-state index in [0.717, 1.165) is 34.7 Å². The fourth-order valence-electron chi connectivity index (χ4n) is 6.39. The summed E-state index contributed by atoms with van der Waals surface area (Å²) in [4.78, 5) is 38.9. The van der Waals surface area contributed by atoms with Gasteiger partial charge in [0.05, 0.1) is 24.4 Å². The van der Waals surface area contributed by atoms with Gasteiger partial charge in [0.1, 0.15) is 11.3 Å². The molecule has 0 bridgehead atoms. The summed E-state index contributed by atoms with van der Waals surface area (Å²) in [5.74, 6) is -0.273. The molecule has 1 unspecified atom stereocenters. The summed E-state index contributed by atoms with van der Waals surface area (Å²) >= 11 is 1.57. The summed E-state index contributed by atoms with van der Waals surface area (Å²) in [6, 6.07) is 22.5. The Hall–Kier alpha value is -4.64. The Morgan fingerprint density at radius 3 is 2.54 bits per heavy atom. The second kappa shape index (κ2) is 15.5. The molecule has 50 heavy (non-hydrogen) atoms. The maximum atomic E-state index is 14.1. The van der Waals surface area contributed by atoms with Gasteiger partial charge < -0.3 is 25.1 Å². The van der Waals surface area contributed by atoms with E-state index in [1.807, 2.05) is 47.5 Å². The molecule has 0 saturated carbocycles. The van der Waals surface area contributed by atoms with Gasteiger partial charge in [0.2, 0.25) is 5.89 Å². The van der Waals surface area contributed by atoms with Gasteiger partial charge in [-0.05, 0) is 66.5 Å². The first kappa shape index (κ1) is 35.2. The van der Waals surface area contributed by atoms with E-state index in [2.05, 4.69) is 65.6 Å². The summed E-state index contributed by atoms with van der Waals surface area (Å²) in [6.07, 6.45) is 4.22. The molecule has 3 aromatic carbocycles. The molecule has 1 aliphatic rings. The number of carbonyl (C=O) groups excluding carboxylic acids is 2. The molecule has 3 N–H and O–H groups in total. The zero-order chi connectivity index (χ0) is 35.3. The number of nitrogens with one attached hydrogen (secondary N) is 2. The van der Waals surface area contributed by atoms with Gasteiger partial charge in [-0.3, -0.25) is 9.59 Å². The van der Waals surface area contributed by atoms with Crippen molar-refractivity contribution in [2.45, 2.75) is 77.1 Å². The van der Waals surface area contributed by atoms with E-state index >= 15 is 0 Å². The highest BCUT2D eigenvalue weighted by molar-refractivity contribution is 7.09. The van der Waals surface area contributed by atoms with Crippen molar-refractivity contribution in [2.75, 3.05) is 13.1 Å². The molecule has 1 fully saturated rings. The van der Waals surface area contributed by atoms with Crippen LogP contribution in [0.3, 0.4) is 0 Å². The second-order valence-electron chi connectivity index (χ2n) is 14.0. The van der Waals surface area contributed by atoms with Gasteiger partial charge in [0.25, 0.3) is 11.8 Å². The molecule has 6 rings (SSSR count). The fraction of sp³-hybridized carbons (Fsp3) is 0.350. The van der Waals surface area contributed by atoms with E-state index < -0.39 is 18.1 Å². The first-order valence-corrected chi connectivity index (χ1v) is 18.0. The molecule has 1 saturated heterocycles. The number of rotatable bonds is 12. The predicted molar refractivity (Wildman–Crippen MR) is 196 cm³/mol. The summed E-state index contributed by atoms with van der Waals surface area (Å²) < 4.78 is 5.59. The van der Waals surface area contributed by atoms with E-state index in [4.69, 9.17) is 4.42 Å². The predicted octanol–water partition coefficient (Wildman–Crippen LogP) is 6.87. The Bertz CT molecular complexity index is 1900. The van der Waals surface area contributed by atoms with Gasteiger partial charge >= 0.3 is 0 Å². The lowest BCUT2D eigenvalue weighted by Crippen LogP contribution is -2.48. The lowest BCUT2D eigenvalue weighted by atomic mass is 9.86. The number of aromatic nitrogens is 2. The van der Waals surface area contributed by atoms with Crippen LogP contribution < -0.4 is 10.6 Å². The highest BCUT2D eigenvalue weighted by atomic mass is 32.1. The minimum Gasteiger partial charge on any atom is -0.445 e. The maximum Gasteiger partial charge on any atom is 0.254 e. The summed E-state index contributed by atoms with van der Waals surface area (Å²) in [6.45, 7) is 9.96. The lowest BCUT2D eigenvalue weighted by molar-refractivity contribution is 0.0735. The van der Waals surface area contributed by atoms with Crippen LogP contribution in [0.5, 0.6) is 0 Å². The second-order valence-corrected chi connectivity index (χ2v) is 14.9. The monoisotopic (exact) mass is 691 g/mol. The van der Waals surface area contributed by atoms with Crippen LogP contribution in [0.1, 0.15) is 87.8 Å². The van der Waals surface area contributed by atoms with E-state index in [-0.39, 0.29) is 29.5 Å². The third kappa shape index (κ3) is 8.56. The number of benzene rings is 3. The van der Waals surface area contributed by atoms with Crippen LogP contribution in [0.2, 0.25) is 0 Å². The van der Waals surface area contributed by atoms with Crippen molar-refractivity contribution in [1.29, 1.82) is 0 Å². The molecule has 0 spiro atoms. The zero-order valence-corrected chi connectivity index (χ0v) is 29.9. The molecular formula is C40H45N5O4S. The van der Waals surface area contributed by atoms with Crippen LogP contribution in [0, 0.1) is 6.92 Å². The molecule has 9 nitrogen and oxygen atoms in total. The highest BCUT2D eigenvalue weighted by Gasteiger charge is 2.33. The quantitative estimate of drug-likeness (QED) is 0.131. The molecule has 3 heterocycles. The summed E-state index contributed by atoms with van der Waals surface area (Å²) in [7, 11) is 0. The minimum absolute atomic E-state index is 0.0337. The van der Waals surface area contributed by atoms with Crippen molar-refractivity contribution >= 4 is 23.2 Å². The largest absolute Gasteiger partial charge is 0.445 e. The Morgan fingerprint density at radius 1 is 1.04 bits per heavy atom. The van der Waals surface area contributed by atoms with Crippen molar-refractivity contribution in [3.63, 3.8) is 0 Å². The molecule has 0 aliphatic carbocycles. The number of amides is 2. The fourth-order valence-corrected chi connectivity index (χ4v) is 7.33. The van der Waals surface area contributed by atoms with Crippen LogP contribution in [0.15, 0.2) is 95.1 Å². The number of aliphatic hydroxyl groups is 1. The van der Waals surface area contributed by atoms with E-state index in [0.29, 0.717) is 36.5 Å². The maximum absolute atomic E-state index is 14.1. The summed E-state index contributed by atoms with van der Waals surface area (Å²) in [5, 5.41) is 20.9. The molecule has 2 amide bonds. The first-order valence-electron chi connectivity index (χ1n) is 17.2. The van der Waals surface area contributed by atoms with Gasteiger partial charge in [0.15, 0.2) is 0 Å². The number of aliphatic hydroxyl groups excluding tert-OH is 1. The highest BCUT2D eigenvalue weighted by Crippen LogP contribution is 2.35. The van der Waals surface area contributed by atoms with Crippen molar-refractivity contribution in [3.05, 3.63) is 129 Å². The van der Waals surface area contributed by atoms with Gasteiger partial charge in [-0.15, -0.1) is 11.3 Å². The Morgan fingerprint density at radius 2 is 1.82 bits per heavy atom. The minimum atomic E-state index is -0.895. The zero-order valence-electron chi connectivity index (χ0n) is 29.1. The number of thiazole rings is 1. The number of carbonyl (C=O) groups is 2. The SMILES string of the molecule is Cc1csc(C2CCCN2C(=O)c2cc(C(=O)N[C@@H](Cc3ccccc3)[C@H](O)CNCc3cccc(C(C)(C)C)c3)cc(-c3ncco3)c2)n1. The third-order valence-electron chi connectivity index (χ3n) is 9.11. The Labute approximate surface area is 297 Å². The number of likely N-dealkylation sites (tertiary alicyclic amines) is 1. The van der Waals surface area contributed by atoms with E-state index in [9.17, 15) is 14.7 Å². The third-order valence-corrected chi connectivity index (χ3v) is 10.2. The Balaban J connectivity index is 1.23. The molecule has 260 valence electrons. The number of oxazole rings is 1. The first-order chi connectivity index (χ1) is 24.0. The van der Waals surface area contributed by atoms with Crippen LogP contribution >= 0.6 is 11.3 Å². The average Bonchev–Trinajstić information content (AvgIpc) is 3.90. The molecule has 0 radical (unpaired) electrons. The summed E-state index contributed by atoms with van der Waals surface area (Å²) in [5.41, 5.74) is 5.49. The normalized spacial score (nSPS) is 15.9. The number of nitrogens with zero attached hydrogens (tertiary/aromatic N) is 3. The van der Waals surface area contributed by atoms with Crippen molar-refractivity contribution in [3.8, 4) is 11.5 Å². The number of aryl methyl sites for hydroxylation is 1. The van der Waals surface area contributed by atoms with Crippen molar-refractivity contribution in [2.24, 2.45) is 0 Å². The molecular weight excluding hydrogens is 647 g/mol. The number of hydrogen-bond donors (Lipinski definition) is 3.